The SMILES string of the molecule is CCN1CCN(S(=O)(=O)c2cc(F)ccc2CNC(=O)c2nc3n(c(=O)c2O)CCOC32CCOCC2)CC1. The summed E-state index contributed by atoms with van der Waals surface area (Å²) in [5.41, 5.74) is -1.97. The molecule has 0 unspecified atom stereocenters. The van der Waals surface area contributed by atoms with Gasteiger partial charge in [-0.1, -0.05) is 13.0 Å². The van der Waals surface area contributed by atoms with Crippen molar-refractivity contribution in [1.29, 1.82) is 0 Å². The predicted octanol–water partition coefficient (Wildman–Crippen LogP) is 0.380. The van der Waals surface area contributed by atoms with Crippen molar-refractivity contribution in [2.45, 2.75) is 43.4 Å². The summed E-state index contributed by atoms with van der Waals surface area (Å²) >= 11 is 0. The van der Waals surface area contributed by atoms with Crippen molar-refractivity contribution in [3.63, 3.8) is 0 Å². The van der Waals surface area contributed by atoms with Crippen molar-refractivity contribution in [3.05, 3.63) is 51.5 Å². The Balaban J connectivity index is 1.41. The molecule has 2 saturated heterocycles. The maximum absolute atomic E-state index is 14.2. The molecule has 1 aromatic carbocycles. The lowest BCUT2D eigenvalue weighted by molar-refractivity contribution is -0.139. The lowest BCUT2D eigenvalue weighted by Crippen LogP contribution is -2.48. The van der Waals surface area contributed by atoms with Gasteiger partial charge in [0.2, 0.25) is 15.8 Å². The van der Waals surface area contributed by atoms with Crippen molar-refractivity contribution >= 4 is 15.9 Å². The van der Waals surface area contributed by atoms with Crippen LogP contribution in [-0.4, -0.2) is 90.7 Å². The predicted molar refractivity (Wildman–Crippen MR) is 136 cm³/mol. The topological polar surface area (TPSA) is 143 Å². The van der Waals surface area contributed by atoms with Gasteiger partial charge in [0, 0.05) is 58.8 Å². The highest BCUT2D eigenvalue weighted by Gasteiger charge is 2.43. The van der Waals surface area contributed by atoms with Gasteiger partial charge in [0.25, 0.3) is 11.5 Å². The van der Waals surface area contributed by atoms with Crippen molar-refractivity contribution in [2.75, 3.05) is 52.5 Å². The second-order valence-electron chi connectivity index (χ2n) is 9.82. The molecule has 0 saturated carbocycles. The Morgan fingerprint density at radius 3 is 2.56 bits per heavy atom. The molecule has 3 aliphatic heterocycles. The van der Waals surface area contributed by atoms with Crippen LogP contribution < -0.4 is 10.9 Å². The minimum absolute atomic E-state index is 0.168. The molecule has 5 rings (SSSR count). The fraction of sp³-hybridized carbons (Fsp3) is 0.560. The molecular weight excluding hydrogens is 533 g/mol. The van der Waals surface area contributed by atoms with E-state index in [2.05, 4.69) is 15.2 Å². The molecule has 0 aliphatic carbocycles. The number of hydrogen-bond acceptors (Lipinski definition) is 9. The van der Waals surface area contributed by atoms with E-state index >= 15 is 0 Å². The molecule has 2 N–H and O–H groups in total. The Kier molecular flexibility index (Phi) is 7.75. The Bertz CT molecular complexity index is 1420. The van der Waals surface area contributed by atoms with Crippen LogP contribution in [-0.2, 0) is 38.2 Å². The van der Waals surface area contributed by atoms with E-state index < -0.39 is 44.4 Å². The van der Waals surface area contributed by atoms with E-state index in [0.717, 1.165) is 18.7 Å². The van der Waals surface area contributed by atoms with Gasteiger partial charge >= 0.3 is 0 Å². The number of carbonyl (C=O) groups is 1. The molecule has 3 aliphatic rings. The van der Waals surface area contributed by atoms with Crippen LogP contribution in [0.4, 0.5) is 4.39 Å². The maximum Gasteiger partial charge on any atom is 0.296 e. The summed E-state index contributed by atoms with van der Waals surface area (Å²) in [5, 5.41) is 13.1. The van der Waals surface area contributed by atoms with Gasteiger partial charge in [0.15, 0.2) is 5.69 Å². The smallest absolute Gasteiger partial charge is 0.296 e. The van der Waals surface area contributed by atoms with Crippen molar-refractivity contribution in [3.8, 4) is 5.75 Å². The number of sulfonamides is 1. The summed E-state index contributed by atoms with van der Waals surface area (Å²) in [5.74, 6) is -2.15. The van der Waals surface area contributed by atoms with E-state index in [4.69, 9.17) is 9.47 Å². The first-order valence-electron chi connectivity index (χ1n) is 13.0. The minimum atomic E-state index is -4.04. The van der Waals surface area contributed by atoms with E-state index in [9.17, 15) is 27.5 Å². The Hall–Kier alpha value is -2.91. The number of benzene rings is 1. The molecule has 1 amide bonds. The zero-order valence-electron chi connectivity index (χ0n) is 21.7. The van der Waals surface area contributed by atoms with E-state index in [1.54, 1.807) is 0 Å². The normalized spacial score (nSPS) is 20.1. The Morgan fingerprint density at radius 2 is 1.87 bits per heavy atom. The number of hydrogen-bond donors (Lipinski definition) is 2. The van der Waals surface area contributed by atoms with Crippen molar-refractivity contribution in [2.24, 2.45) is 0 Å². The van der Waals surface area contributed by atoms with E-state index in [1.165, 1.54) is 14.9 Å². The Morgan fingerprint density at radius 1 is 1.15 bits per heavy atom. The molecule has 14 heteroatoms. The fourth-order valence-electron chi connectivity index (χ4n) is 5.32. The number of halogens is 1. The van der Waals surface area contributed by atoms with Crippen LogP contribution in [0.5, 0.6) is 5.75 Å². The number of likely N-dealkylation sites (N-methyl/N-ethyl adjacent to an activating group) is 1. The number of aromatic nitrogens is 2. The van der Waals surface area contributed by atoms with Gasteiger partial charge in [0.1, 0.15) is 17.2 Å². The molecule has 0 radical (unpaired) electrons. The highest BCUT2D eigenvalue weighted by Crippen LogP contribution is 2.37. The van der Waals surface area contributed by atoms with Crippen LogP contribution in [0.3, 0.4) is 0 Å². The molecule has 4 heterocycles. The first-order chi connectivity index (χ1) is 18.7. The molecule has 39 heavy (non-hydrogen) atoms. The highest BCUT2D eigenvalue weighted by molar-refractivity contribution is 7.89. The van der Waals surface area contributed by atoms with Crippen LogP contribution in [0.1, 0.15) is 41.6 Å². The first kappa shape index (κ1) is 27.6. The molecule has 1 aromatic heterocycles. The number of nitrogens with zero attached hydrogens (tertiary/aromatic N) is 4. The molecule has 12 nitrogen and oxygen atoms in total. The first-order valence-corrected chi connectivity index (χ1v) is 14.5. The quantitative estimate of drug-likeness (QED) is 0.508. The number of ether oxygens (including phenoxy) is 2. The van der Waals surface area contributed by atoms with Crippen LogP contribution in [0.2, 0.25) is 0 Å². The van der Waals surface area contributed by atoms with Gasteiger partial charge in [-0.2, -0.15) is 4.31 Å². The van der Waals surface area contributed by atoms with Gasteiger partial charge in [0.05, 0.1) is 18.0 Å². The number of fused-ring (bicyclic) bond motifs is 2. The summed E-state index contributed by atoms with van der Waals surface area (Å²) in [6.07, 6.45) is 0.878. The molecule has 0 atom stereocenters. The number of amides is 1. The van der Waals surface area contributed by atoms with Crippen LogP contribution >= 0.6 is 0 Å². The number of aromatic hydroxyl groups is 1. The second kappa shape index (κ2) is 10.9. The van der Waals surface area contributed by atoms with Gasteiger partial charge in [-0.15, -0.1) is 0 Å². The number of piperazine rings is 1. The van der Waals surface area contributed by atoms with Crippen LogP contribution in [0, 0.1) is 5.82 Å². The largest absolute Gasteiger partial charge is 0.501 e. The molecule has 212 valence electrons. The summed E-state index contributed by atoms with van der Waals surface area (Å²) in [4.78, 5) is 32.4. The number of nitrogens with one attached hydrogen (secondary N) is 1. The minimum Gasteiger partial charge on any atom is -0.501 e. The number of rotatable bonds is 6. The maximum atomic E-state index is 14.2. The molecule has 2 fully saturated rings. The monoisotopic (exact) mass is 565 g/mol. The van der Waals surface area contributed by atoms with Gasteiger partial charge in [-0.3, -0.25) is 14.2 Å². The molecule has 1 spiro atoms. The third-order valence-corrected chi connectivity index (χ3v) is 9.61. The van der Waals surface area contributed by atoms with E-state index in [1.807, 2.05) is 6.92 Å². The van der Waals surface area contributed by atoms with Crippen LogP contribution in [0.25, 0.3) is 0 Å². The summed E-state index contributed by atoms with van der Waals surface area (Å²) in [7, 11) is -4.04. The standard InChI is InChI=1S/C25H32FN5O7S/c1-2-29-7-9-30(10-8-29)39(35,36)19-15-18(26)4-3-17(19)16-27-22(33)20-21(32)23(34)31-11-14-38-25(24(31)28-20)5-12-37-13-6-25/h3-4,15,32H,2,5-14,16H2,1H3,(H,27,33). The van der Waals surface area contributed by atoms with Crippen molar-refractivity contribution < 1.29 is 32.2 Å². The summed E-state index contributed by atoms with van der Waals surface area (Å²) in [6, 6.07) is 3.35. The lowest BCUT2D eigenvalue weighted by atomic mass is 9.91. The highest BCUT2D eigenvalue weighted by atomic mass is 32.2. The third-order valence-electron chi connectivity index (χ3n) is 7.63. The van der Waals surface area contributed by atoms with Gasteiger partial charge in [-0.05, 0) is 24.2 Å². The van der Waals surface area contributed by atoms with Crippen molar-refractivity contribution in [1.82, 2.24) is 24.1 Å². The second-order valence-corrected chi connectivity index (χ2v) is 11.7. The zero-order valence-corrected chi connectivity index (χ0v) is 22.5. The molecule has 0 bridgehead atoms. The van der Waals surface area contributed by atoms with Gasteiger partial charge < -0.3 is 24.8 Å². The van der Waals surface area contributed by atoms with E-state index in [-0.39, 0.29) is 49.1 Å². The lowest BCUT2D eigenvalue weighted by Gasteiger charge is -2.40. The third kappa shape index (κ3) is 5.18. The van der Waals surface area contributed by atoms with E-state index in [0.29, 0.717) is 39.1 Å². The van der Waals surface area contributed by atoms with Crippen LogP contribution in [0.15, 0.2) is 27.9 Å². The summed E-state index contributed by atoms with van der Waals surface area (Å²) in [6.45, 7) is 5.40. The van der Waals surface area contributed by atoms with Gasteiger partial charge in [-0.25, -0.2) is 17.8 Å². The number of carbonyl (C=O) groups excluding carboxylic acids is 1. The zero-order chi connectivity index (χ0) is 27.8. The Labute approximate surface area is 225 Å². The fourth-order valence-corrected chi connectivity index (χ4v) is 6.98. The molecular formula is C25H32FN5O7S. The average molecular weight is 566 g/mol. The summed E-state index contributed by atoms with van der Waals surface area (Å²) < 4.78 is 55.1. The average Bonchev–Trinajstić information content (AvgIpc) is 2.95. The molecule has 2 aromatic rings.